The Kier molecular flexibility index (Phi) is 7.68. The summed E-state index contributed by atoms with van der Waals surface area (Å²) in [6.07, 6.45) is 1.24. The minimum absolute atomic E-state index is 0.0164. The molecule has 2 radical (unpaired) electrons. The molecule has 0 N–H and O–H groups in total. The predicted octanol–water partition coefficient (Wildman–Crippen LogP) is 4.24. The van der Waals surface area contributed by atoms with E-state index in [-0.39, 0.29) is 31.2 Å². The Labute approximate surface area is 223 Å². The van der Waals surface area contributed by atoms with Gasteiger partial charge in [-0.1, -0.05) is 29.3 Å². The van der Waals surface area contributed by atoms with Crippen LogP contribution >= 0.6 is 11.6 Å². The zero-order valence-corrected chi connectivity index (χ0v) is 22.4. The zero-order chi connectivity index (χ0) is 27.1. The molecule has 2 aliphatic rings. The highest BCUT2D eigenvalue weighted by molar-refractivity contribution is 7.82. The Morgan fingerprint density at radius 3 is 2.41 bits per heavy atom. The van der Waals surface area contributed by atoms with Gasteiger partial charge in [0.15, 0.2) is 24.7 Å². The topological polar surface area (TPSA) is 56.2 Å². The predicted molar refractivity (Wildman–Crippen MR) is 139 cm³/mol. The van der Waals surface area contributed by atoms with Crippen LogP contribution in [0.15, 0.2) is 46.4 Å². The van der Waals surface area contributed by atoms with Crippen LogP contribution in [0.1, 0.15) is 36.5 Å². The molecule has 37 heavy (non-hydrogen) atoms. The van der Waals surface area contributed by atoms with Crippen molar-refractivity contribution in [2.75, 3.05) is 26.2 Å². The summed E-state index contributed by atoms with van der Waals surface area (Å²) in [6.45, 7) is 5.90. The van der Waals surface area contributed by atoms with Gasteiger partial charge in [0.25, 0.3) is 11.7 Å². The monoisotopic (exact) mass is 550 g/mol. The molecule has 1 amide bonds. The number of aryl methyl sites for hydroxylation is 2. The average molecular weight is 551 g/mol. The number of carbonyl (C=O) groups is 1. The van der Waals surface area contributed by atoms with Crippen LogP contribution in [-0.4, -0.2) is 75.6 Å². The zero-order valence-electron chi connectivity index (χ0n) is 20.8. The van der Waals surface area contributed by atoms with Crippen molar-refractivity contribution >= 4 is 42.2 Å². The van der Waals surface area contributed by atoms with Crippen molar-refractivity contribution in [2.24, 2.45) is 5.10 Å². The maximum Gasteiger partial charge on any atom is 0.281 e. The number of hydrogen-bond acceptors (Lipinski definition) is 3. The number of piperazine rings is 1. The Hall–Kier alpha value is -2.53. The first-order valence-corrected chi connectivity index (χ1v) is 13.4. The first-order valence-electron chi connectivity index (χ1n) is 11.9. The summed E-state index contributed by atoms with van der Waals surface area (Å²) in [5, 5.41) is 4.91. The van der Waals surface area contributed by atoms with Gasteiger partial charge in [-0.15, -0.1) is 5.10 Å². The Morgan fingerprint density at radius 2 is 1.86 bits per heavy atom. The van der Waals surface area contributed by atoms with E-state index in [1.165, 1.54) is 16.5 Å². The number of rotatable bonds is 6. The summed E-state index contributed by atoms with van der Waals surface area (Å²) < 4.78 is 56.2. The molecule has 1 unspecified atom stereocenters. The van der Waals surface area contributed by atoms with E-state index in [9.17, 15) is 22.2 Å². The third-order valence-corrected chi connectivity index (χ3v) is 8.37. The summed E-state index contributed by atoms with van der Waals surface area (Å²) in [6, 6.07) is 9.75. The van der Waals surface area contributed by atoms with Crippen molar-refractivity contribution in [3.8, 4) is 0 Å². The molecule has 1 spiro atoms. The molecule has 6 nitrogen and oxygen atoms in total. The van der Waals surface area contributed by atoms with Gasteiger partial charge in [0.2, 0.25) is 0 Å². The Balaban J connectivity index is 1.77. The Bertz CT molecular complexity index is 1230. The second-order valence-corrected chi connectivity index (χ2v) is 11.3. The second-order valence-electron chi connectivity index (χ2n) is 9.46. The maximum absolute atomic E-state index is 14.1. The molecule has 2 aromatic carbocycles. The standard InChI is InChI=1S/C25H27BClF3N4O2S/c1-4-34(37(36)19-7-5-16(2)6-8-19)31-22(21-17(3)13-18(28)14-20(21)27)33-12-11-32(15-24(33)9-10-24)23(35)25(26,29)30/h5-8,13-14H,4,9-12,15H2,1-3H3/b31-22+. The fourth-order valence-corrected chi connectivity index (χ4v) is 5.93. The molecule has 1 saturated carbocycles. The van der Waals surface area contributed by atoms with E-state index in [4.69, 9.17) is 24.5 Å². The molecule has 0 bridgehead atoms. The lowest BCUT2D eigenvalue weighted by molar-refractivity contribution is -0.149. The lowest BCUT2D eigenvalue weighted by atomic mass is 9.96. The highest BCUT2D eigenvalue weighted by Crippen LogP contribution is 2.46. The van der Waals surface area contributed by atoms with Gasteiger partial charge in [-0.2, -0.15) is 0 Å². The van der Waals surface area contributed by atoms with Gasteiger partial charge >= 0.3 is 0 Å². The number of hydrazone groups is 1. The first-order chi connectivity index (χ1) is 17.4. The molecular formula is C25H27BClF3N4O2S. The molecule has 196 valence electrons. The van der Waals surface area contributed by atoms with Crippen LogP contribution in [0.25, 0.3) is 0 Å². The van der Waals surface area contributed by atoms with Gasteiger partial charge in [-0.25, -0.2) is 21.8 Å². The van der Waals surface area contributed by atoms with E-state index in [0.29, 0.717) is 34.7 Å². The molecule has 12 heteroatoms. The molecule has 1 atom stereocenters. The van der Waals surface area contributed by atoms with Gasteiger partial charge < -0.3 is 9.80 Å². The number of halogens is 4. The van der Waals surface area contributed by atoms with E-state index >= 15 is 0 Å². The van der Waals surface area contributed by atoms with E-state index in [2.05, 4.69) is 0 Å². The minimum atomic E-state index is -3.96. The van der Waals surface area contributed by atoms with Gasteiger partial charge in [0, 0.05) is 31.7 Å². The van der Waals surface area contributed by atoms with Crippen LogP contribution < -0.4 is 0 Å². The fourth-order valence-electron chi connectivity index (χ4n) is 4.60. The van der Waals surface area contributed by atoms with E-state index < -0.39 is 34.1 Å². The van der Waals surface area contributed by atoms with E-state index in [1.807, 2.05) is 24.0 Å². The summed E-state index contributed by atoms with van der Waals surface area (Å²) in [5.74, 6) is -5.55. The van der Waals surface area contributed by atoms with Crippen molar-refractivity contribution in [1.82, 2.24) is 14.2 Å². The quantitative estimate of drug-likeness (QED) is 0.234. The second kappa shape index (κ2) is 10.3. The SMILES string of the molecule is [B]C(F)(F)C(=O)N1CCN(/C(=N/N(CC)S(=O)c2ccc(C)cc2)c2c(C)cc(F)cc2Cl)C2(CC2)C1. The fraction of sp³-hybridized carbons (Fsp3) is 0.440. The van der Waals surface area contributed by atoms with Crippen LogP contribution in [-0.2, 0) is 15.8 Å². The summed E-state index contributed by atoms with van der Waals surface area (Å²) in [5.41, 5.74) is 1.33. The van der Waals surface area contributed by atoms with Crippen molar-refractivity contribution < 1.29 is 22.2 Å². The lowest BCUT2D eigenvalue weighted by Gasteiger charge is -2.45. The number of amides is 1. The third-order valence-electron chi connectivity index (χ3n) is 6.67. The highest BCUT2D eigenvalue weighted by atomic mass is 35.5. The summed E-state index contributed by atoms with van der Waals surface area (Å²) in [4.78, 5) is 15.8. The van der Waals surface area contributed by atoms with Crippen molar-refractivity contribution in [3.05, 3.63) is 63.9 Å². The molecule has 0 aromatic heterocycles. The summed E-state index contributed by atoms with van der Waals surface area (Å²) >= 11 is 6.52. The first kappa shape index (κ1) is 27.5. The van der Waals surface area contributed by atoms with Crippen molar-refractivity contribution in [3.63, 3.8) is 0 Å². The molecular weight excluding hydrogens is 524 g/mol. The maximum atomic E-state index is 14.1. The van der Waals surface area contributed by atoms with Crippen LogP contribution in [0.2, 0.25) is 5.02 Å². The molecule has 4 rings (SSSR count). The van der Waals surface area contributed by atoms with Crippen molar-refractivity contribution in [2.45, 2.75) is 49.9 Å². The smallest absolute Gasteiger partial charge is 0.281 e. The number of carbonyl (C=O) groups excluding carboxylic acids is 1. The highest BCUT2D eigenvalue weighted by Gasteiger charge is 2.55. The van der Waals surface area contributed by atoms with Gasteiger partial charge in [0.1, 0.15) is 5.82 Å². The molecule has 1 saturated heterocycles. The summed E-state index contributed by atoms with van der Waals surface area (Å²) in [7, 11) is 3.13. The van der Waals surface area contributed by atoms with Crippen LogP contribution in [0.4, 0.5) is 13.2 Å². The number of amidine groups is 1. The van der Waals surface area contributed by atoms with E-state index in [0.717, 1.165) is 10.5 Å². The number of alkyl halides is 2. The molecule has 2 aromatic rings. The number of benzene rings is 2. The molecule has 2 fully saturated rings. The normalized spacial score (nSPS) is 18.2. The van der Waals surface area contributed by atoms with Gasteiger partial charge in [0.05, 0.1) is 15.5 Å². The van der Waals surface area contributed by atoms with Crippen LogP contribution in [0.3, 0.4) is 0 Å². The lowest BCUT2D eigenvalue weighted by Crippen LogP contribution is -2.61. The molecule has 1 aliphatic heterocycles. The van der Waals surface area contributed by atoms with Crippen LogP contribution in [0.5, 0.6) is 0 Å². The van der Waals surface area contributed by atoms with Gasteiger partial charge in [-0.3, -0.25) is 4.79 Å². The number of nitrogens with zero attached hydrogens (tertiary/aromatic N) is 4. The third kappa shape index (κ3) is 5.67. The van der Waals surface area contributed by atoms with Crippen molar-refractivity contribution in [1.29, 1.82) is 0 Å². The molecule has 1 aliphatic carbocycles. The van der Waals surface area contributed by atoms with Gasteiger partial charge in [-0.05, 0) is 63.4 Å². The average Bonchev–Trinajstić information content (AvgIpc) is 3.59. The largest absolute Gasteiger partial charge is 0.345 e. The van der Waals surface area contributed by atoms with Crippen LogP contribution in [0, 0.1) is 19.7 Å². The van der Waals surface area contributed by atoms with E-state index in [1.54, 1.807) is 26.0 Å². The Morgan fingerprint density at radius 1 is 1.22 bits per heavy atom. The molecule has 1 heterocycles. The number of hydrogen-bond donors (Lipinski definition) is 0. The minimum Gasteiger partial charge on any atom is -0.345 e.